The van der Waals surface area contributed by atoms with Gasteiger partial charge < -0.3 is 15.0 Å². The SMILES string of the molecule is COc1cc(C2CCN(CCS(C)(=O)=O)CC2)c(C)cc1Nc1nc2c(ccn2S(=O)(=O)c2ccc(C)cc2)c2nc3ccsc3c(=O)n12. The summed E-state index contributed by atoms with van der Waals surface area (Å²) in [5.41, 5.74) is 4.23. The Bertz CT molecular complexity index is 2510. The van der Waals surface area contributed by atoms with Crippen LogP contribution in [0.25, 0.3) is 26.9 Å². The number of hydrogen-bond donors (Lipinski definition) is 1. The predicted molar refractivity (Wildman–Crippen MR) is 193 cm³/mol. The van der Waals surface area contributed by atoms with E-state index in [1.54, 1.807) is 48.9 Å². The first-order chi connectivity index (χ1) is 23.3. The molecule has 5 heterocycles. The Hall–Kier alpha value is -4.31. The van der Waals surface area contributed by atoms with E-state index in [2.05, 4.69) is 10.2 Å². The van der Waals surface area contributed by atoms with Crippen LogP contribution in [-0.2, 0) is 19.9 Å². The highest BCUT2D eigenvalue weighted by atomic mass is 32.2. The Morgan fingerprint density at radius 1 is 0.980 bits per heavy atom. The number of nitrogens with zero attached hydrogens (tertiary/aromatic N) is 5. The molecule has 2 aromatic carbocycles. The molecule has 1 saturated heterocycles. The van der Waals surface area contributed by atoms with Gasteiger partial charge in [-0.05, 0) is 98.6 Å². The molecule has 0 aliphatic carbocycles. The fraction of sp³-hybridized carbons (Fsp3) is 0.324. The van der Waals surface area contributed by atoms with Crippen molar-refractivity contribution < 1.29 is 21.6 Å². The van der Waals surface area contributed by atoms with Crippen LogP contribution in [0.2, 0.25) is 0 Å². The van der Waals surface area contributed by atoms with E-state index < -0.39 is 19.9 Å². The second-order valence-electron chi connectivity index (χ2n) is 12.6. The average Bonchev–Trinajstić information content (AvgIpc) is 3.72. The Morgan fingerprint density at radius 2 is 1.71 bits per heavy atom. The van der Waals surface area contributed by atoms with E-state index >= 15 is 0 Å². The lowest BCUT2D eigenvalue weighted by Gasteiger charge is -2.33. The standard InChI is InChI=1S/C34H36N6O6S3/c1-21-5-7-24(8-6-21)49(44,45)39-15-11-25-31(39)37-34(40-32(25)35-27-12-17-47-30(27)33(40)41)36-28-19-22(2)26(20-29(28)46-3)23-9-13-38(14-10-23)16-18-48(4,42)43/h5-8,11-12,15,17,19-20,23H,9-10,13-14,16,18H2,1-4H3,(H,36,37). The molecule has 1 fully saturated rings. The Balaban J connectivity index is 1.31. The number of fused-ring (bicyclic) bond motifs is 4. The Labute approximate surface area is 288 Å². The molecule has 1 aliphatic rings. The van der Waals surface area contributed by atoms with Crippen molar-refractivity contribution in [3.8, 4) is 5.75 Å². The van der Waals surface area contributed by atoms with E-state index in [1.807, 2.05) is 26.0 Å². The molecule has 0 radical (unpaired) electrons. The molecule has 7 rings (SSSR count). The van der Waals surface area contributed by atoms with Crippen LogP contribution in [0.1, 0.15) is 35.4 Å². The fourth-order valence-electron chi connectivity index (χ4n) is 6.52. The van der Waals surface area contributed by atoms with Gasteiger partial charge in [-0.2, -0.15) is 4.98 Å². The van der Waals surface area contributed by atoms with Gasteiger partial charge in [-0.15, -0.1) is 11.3 Å². The molecule has 4 aromatic heterocycles. The summed E-state index contributed by atoms with van der Waals surface area (Å²) in [5, 5.41) is 5.51. The quantitative estimate of drug-likeness (QED) is 0.215. The number of anilines is 2. The van der Waals surface area contributed by atoms with Gasteiger partial charge in [0.2, 0.25) is 5.95 Å². The lowest BCUT2D eigenvalue weighted by Crippen LogP contribution is -2.36. The molecule has 0 amide bonds. The van der Waals surface area contributed by atoms with E-state index in [-0.39, 0.29) is 39.4 Å². The fourth-order valence-corrected chi connectivity index (χ4v) is 9.17. The predicted octanol–water partition coefficient (Wildman–Crippen LogP) is 5.09. The van der Waals surface area contributed by atoms with Crippen molar-refractivity contribution in [1.82, 2.24) is 23.2 Å². The normalized spacial score (nSPS) is 15.0. The minimum atomic E-state index is -4.04. The molecule has 0 unspecified atom stereocenters. The molecule has 6 aromatic rings. The van der Waals surface area contributed by atoms with Gasteiger partial charge in [0, 0.05) is 19.0 Å². The van der Waals surface area contributed by atoms with Crippen molar-refractivity contribution in [3.63, 3.8) is 0 Å². The van der Waals surface area contributed by atoms with Crippen LogP contribution in [0.3, 0.4) is 0 Å². The molecule has 15 heteroatoms. The molecule has 256 valence electrons. The maximum atomic E-state index is 13.9. The van der Waals surface area contributed by atoms with Crippen molar-refractivity contribution in [1.29, 1.82) is 0 Å². The van der Waals surface area contributed by atoms with Gasteiger partial charge in [-0.3, -0.25) is 4.79 Å². The Kier molecular flexibility index (Phi) is 8.49. The molecular weight excluding hydrogens is 685 g/mol. The van der Waals surface area contributed by atoms with E-state index in [9.17, 15) is 21.6 Å². The molecule has 12 nitrogen and oxygen atoms in total. The number of methoxy groups -OCH3 is 1. The first-order valence-corrected chi connectivity index (χ1v) is 20.2. The number of ether oxygens (including phenoxy) is 1. The summed E-state index contributed by atoms with van der Waals surface area (Å²) in [6.45, 7) is 6.04. The van der Waals surface area contributed by atoms with Gasteiger partial charge in [0.05, 0.1) is 34.3 Å². The second kappa shape index (κ2) is 12.5. The van der Waals surface area contributed by atoms with Gasteiger partial charge in [0.15, 0.2) is 11.3 Å². The molecule has 0 atom stereocenters. The first kappa shape index (κ1) is 33.2. The summed E-state index contributed by atoms with van der Waals surface area (Å²) in [7, 11) is -5.48. The number of hydrogen-bond acceptors (Lipinski definition) is 11. The number of rotatable bonds is 9. The summed E-state index contributed by atoms with van der Waals surface area (Å²) in [5.74, 6) is 1.05. The molecule has 0 saturated carbocycles. The summed E-state index contributed by atoms with van der Waals surface area (Å²) in [6.07, 6.45) is 4.47. The van der Waals surface area contributed by atoms with E-state index in [4.69, 9.17) is 14.7 Å². The number of piperidine rings is 1. The van der Waals surface area contributed by atoms with Crippen molar-refractivity contribution >= 4 is 69.7 Å². The maximum absolute atomic E-state index is 13.9. The number of benzene rings is 2. The van der Waals surface area contributed by atoms with Crippen molar-refractivity contribution in [2.75, 3.05) is 44.1 Å². The second-order valence-corrected chi connectivity index (χ2v) is 17.6. The highest BCUT2D eigenvalue weighted by molar-refractivity contribution is 7.90. The number of likely N-dealkylation sites (tertiary alicyclic amines) is 1. The van der Waals surface area contributed by atoms with Gasteiger partial charge in [0.1, 0.15) is 20.3 Å². The molecule has 0 spiro atoms. The monoisotopic (exact) mass is 720 g/mol. The Morgan fingerprint density at radius 3 is 2.41 bits per heavy atom. The molecule has 0 bridgehead atoms. The smallest absolute Gasteiger partial charge is 0.278 e. The number of sulfone groups is 1. The summed E-state index contributed by atoms with van der Waals surface area (Å²) in [4.78, 5) is 25.8. The van der Waals surface area contributed by atoms with Crippen LogP contribution in [0.15, 0.2) is 69.8 Å². The third kappa shape index (κ3) is 6.20. The van der Waals surface area contributed by atoms with Crippen LogP contribution in [0.5, 0.6) is 5.75 Å². The zero-order chi connectivity index (χ0) is 34.7. The highest BCUT2D eigenvalue weighted by Crippen LogP contribution is 2.38. The number of thiophene rings is 1. The lowest BCUT2D eigenvalue weighted by atomic mass is 9.86. The third-order valence-electron chi connectivity index (χ3n) is 9.19. The molecular formula is C34H36N6O6S3. The summed E-state index contributed by atoms with van der Waals surface area (Å²) >= 11 is 1.28. The van der Waals surface area contributed by atoms with E-state index in [0.717, 1.165) is 46.6 Å². The van der Waals surface area contributed by atoms with Gasteiger partial charge in [-0.1, -0.05) is 17.7 Å². The zero-order valence-electron chi connectivity index (χ0n) is 27.5. The number of nitrogens with one attached hydrogen (secondary N) is 1. The lowest BCUT2D eigenvalue weighted by molar-refractivity contribution is 0.223. The molecule has 1 N–H and O–H groups in total. The van der Waals surface area contributed by atoms with Crippen LogP contribution in [0.4, 0.5) is 11.6 Å². The van der Waals surface area contributed by atoms with E-state index in [0.29, 0.717) is 33.6 Å². The zero-order valence-corrected chi connectivity index (χ0v) is 30.0. The van der Waals surface area contributed by atoms with Gasteiger partial charge >= 0.3 is 0 Å². The van der Waals surface area contributed by atoms with Crippen molar-refractivity contribution in [3.05, 3.63) is 87.2 Å². The largest absolute Gasteiger partial charge is 0.495 e. The summed E-state index contributed by atoms with van der Waals surface area (Å²) in [6, 6.07) is 13.9. The van der Waals surface area contributed by atoms with Crippen LogP contribution in [0, 0.1) is 13.8 Å². The average molecular weight is 721 g/mol. The number of aryl methyl sites for hydroxylation is 2. The third-order valence-corrected chi connectivity index (χ3v) is 12.7. The van der Waals surface area contributed by atoms with E-state index in [1.165, 1.54) is 28.2 Å². The van der Waals surface area contributed by atoms with Gasteiger partial charge in [0.25, 0.3) is 15.6 Å². The maximum Gasteiger partial charge on any atom is 0.278 e. The van der Waals surface area contributed by atoms with Crippen molar-refractivity contribution in [2.45, 2.75) is 37.5 Å². The summed E-state index contributed by atoms with van der Waals surface area (Å²) < 4.78 is 59.8. The molecule has 49 heavy (non-hydrogen) atoms. The highest BCUT2D eigenvalue weighted by Gasteiger charge is 2.26. The topological polar surface area (TPSA) is 145 Å². The van der Waals surface area contributed by atoms with Gasteiger partial charge in [-0.25, -0.2) is 30.2 Å². The van der Waals surface area contributed by atoms with Crippen LogP contribution < -0.4 is 15.6 Å². The van der Waals surface area contributed by atoms with Crippen molar-refractivity contribution in [2.24, 2.45) is 0 Å². The minimum Gasteiger partial charge on any atom is -0.495 e. The van der Waals surface area contributed by atoms with Crippen LogP contribution >= 0.6 is 11.3 Å². The first-order valence-electron chi connectivity index (χ1n) is 15.8. The molecule has 1 aliphatic heterocycles. The number of aromatic nitrogens is 4. The van der Waals surface area contributed by atoms with Crippen LogP contribution in [-0.4, -0.2) is 78.8 Å². The minimum absolute atomic E-state index is 0.0963.